The van der Waals surface area contributed by atoms with E-state index in [0.29, 0.717) is 56.3 Å². The zero-order valence-corrected chi connectivity index (χ0v) is 18.7. The minimum absolute atomic E-state index is 0.0282. The summed E-state index contributed by atoms with van der Waals surface area (Å²) in [6, 6.07) is 8.81. The molecule has 1 spiro atoms. The normalized spacial score (nSPS) is 19.7. The third-order valence-corrected chi connectivity index (χ3v) is 6.36. The van der Waals surface area contributed by atoms with Crippen molar-refractivity contribution in [3.05, 3.63) is 52.1 Å². The van der Waals surface area contributed by atoms with Gasteiger partial charge in [0, 0.05) is 31.6 Å². The van der Waals surface area contributed by atoms with Crippen LogP contribution >= 0.6 is 0 Å². The van der Waals surface area contributed by atoms with Crippen LogP contribution in [0.25, 0.3) is 0 Å². The van der Waals surface area contributed by atoms with E-state index in [1.807, 2.05) is 4.90 Å². The Morgan fingerprint density at radius 3 is 2.38 bits per heavy atom. The van der Waals surface area contributed by atoms with Gasteiger partial charge in [-0.3, -0.25) is 19.8 Å². The summed E-state index contributed by atoms with van der Waals surface area (Å²) >= 11 is 0. The number of methoxy groups -OCH3 is 1. The van der Waals surface area contributed by atoms with Gasteiger partial charge in [-0.1, -0.05) is 0 Å². The lowest BCUT2D eigenvalue weighted by Crippen LogP contribution is -2.48. The van der Waals surface area contributed by atoms with Gasteiger partial charge in [0.2, 0.25) is 12.7 Å². The summed E-state index contributed by atoms with van der Waals surface area (Å²) < 4.78 is 27.6. The first-order valence-corrected chi connectivity index (χ1v) is 11.0. The Balaban J connectivity index is 1.48. The molecule has 2 aromatic rings. The van der Waals surface area contributed by atoms with Crippen LogP contribution in [-0.2, 0) is 14.3 Å². The molecule has 0 bridgehead atoms. The number of nitro benzene ring substituents is 1. The van der Waals surface area contributed by atoms with E-state index in [0.717, 1.165) is 0 Å². The average molecular weight is 471 g/mol. The van der Waals surface area contributed by atoms with Crippen LogP contribution in [0.3, 0.4) is 0 Å². The minimum atomic E-state index is -0.934. The summed E-state index contributed by atoms with van der Waals surface area (Å²) in [5.74, 6) is 0.276. The molecule has 0 radical (unpaired) electrons. The smallest absolute Gasteiger partial charge is 0.278 e. The van der Waals surface area contributed by atoms with Gasteiger partial charge in [-0.25, -0.2) is 0 Å². The Morgan fingerprint density at radius 1 is 1.12 bits per heavy atom. The number of fused-ring (bicyclic) bond motifs is 1. The van der Waals surface area contributed by atoms with E-state index in [-0.39, 0.29) is 23.8 Å². The van der Waals surface area contributed by atoms with Crippen molar-refractivity contribution in [1.82, 2.24) is 4.90 Å². The molecule has 0 saturated carbocycles. The summed E-state index contributed by atoms with van der Waals surface area (Å²) in [6.07, 6.45) is 1.11. The highest BCUT2D eigenvalue weighted by atomic mass is 16.7. The van der Waals surface area contributed by atoms with Crippen LogP contribution in [0, 0.1) is 10.1 Å². The second-order valence-electron chi connectivity index (χ2n) is 8.29. The fourth-order valence-electron chi connectivity index (χ4n) is 4.62. The molecule has 11 heteroatoms. The van der Waals surface area contributed by atoms with Crippen molar-refractivity contribution >= 4 is 17.3 Å². The van der Waals surface area contributed by atoms with Crippen molar-refractivity contribution in [3.63, 3.8) is 0 Å². The number of carbonyl (C=O) groups excluding carboxylic acids is 1. The molecule has 11 nitrogen and oxygen atoms in total. The quantitative estimate of drug-likeness (QED) is 0.501. The lowest BCUT2D eigenvalue weighted by molar-refractivity contribution is -0.386. The fourth-order valence-corrected chi connectivity index (χ4v) is 4.62. The predicted molar refractivity (Wildman–Crippen MR) is 119 cm³/mol. The molecule has 0 aromatic heterocycles. The van der Waals surface area contributed by atoms with E-state index in [9.17, 15) is 14.9 Å². The van der Waals surface area contributed by atoms with Gasteiger partial charge in [0.1, 0.15) is 11.8 Å². The van der Waals surface area contributed by atoms with Crippen molar-refractivity contribution in [2.45, 2.75) is 24.7 Å². The largest absolute Gasteiger partial charge is 0.497 e. The Morgan fingerprint density at radius 2 is 1.76 bits per heavy atom. The van der Waals surface area contributed by atoms with E-state index in [1.54, 1.807) is 31.4 Å². The number of hydrogen-bond donors (Lipinski definition) is 1. The predicted octanol–water partition coefficient (Wildman–Crippen LogP) is 2.85. The minimum Gasteiger partial charge on any atom is -0.497 e. The van der Waals surface area contributed by atoms with Gasteiger partial charge in [0.15, 0.2) is 17.3 Å². The maximum atomic E-state index is 13.6. The Hall–Kier alpha value is -3.41. The molecule has 2 aromatic carbocycles. The van der Waals surface area contributed by atoms with Gasteiger partial charge in [-0.2, -0.15) is 0 Å². The molecule has 34 heavy (non-hydrogen) atoms. The molecule has 5 rings (SSSR count). The van der Waals surface area contributed by atoms with Crippen LogP contribution < -0.4 is 19.5 Å². The van der Waals surface area contributed by atoms with E-state index < -0.39 is 22.7 Å². The summed E-state index contributed by atoms with van der Waals surface area (Å²) in [7, 11) is 1.56. The second-order valence-corrected chi connectivity index (χ2v) is 8.29. The zero-order chi connectivity index (χ0) is 23.7. The molecule has 3 heterocycles. The SMILES string of the molecule is COc1ccc(NC(=O)[C@H](c2cc3c(cc2[N+](=O)[O-])OCO3)N2CCC3(CC2)OCCO3)cc1. The van der Waals surface area contributed by atoms with Crippen LogP contribution in [-0.4, -0.2) is 61.7 Å². The van der Waals surface area contributed by atoms with Gasteiger partial charge >= 0.3 is 0 Å². The molecule has 2 saturated heterocycles. The Labute approximate surface area is 195 Å². The van der Waals surface area contributed by atoms with Crippen LogP contribution in [0.2, 0.25) is 0 Å². The number of ether oxygens (including phenoxy) is 5. The van der Waals surface area contributed by atoms with Crippen LogP contribution in [0.4, 0.5) is 11.4 Å². The highest BCUT2D eigenvalue weighted by molar-refractivity contribution is 5.96. The lowest BCUT2D eigenvalue weighted by atomic mass is 9.96. The standard InChI is InChI=1S/C23H25N3O8/c1-30-16-4-2-15(3-5-16)24-22(27)21(25-8-6-23(7-9-25)33-10-11-34-23)17-12-19-20(32-14-31-19)13-18(17)26(28)29/h2-5,12-13,21H,6-11,14H2,1H3,(H,24,27)/t21-/m0/s1. The maximum absolute atomic E-state index is 13.6. The highest BCUT2D eigenvalue weighted by Gasteiger charge is 2.44. The van der Waals surface area contributed by atoms with E-state index in [2.05, 4.69) is 5.32 Å². The number of amides is 1. The Kier molecular flexibility index (Phi) is 5.98. The number of nitro groups is 1. The molecule has 1 N–H and O–H groups in total. The number of nitrogens with one attached hydrogen (secondary N) is 1. The molecule has 2 fully saturated rings. The van der Waals surface area contributed by atoms with Crippen molar-refractivity contribution in [2.75, 3.05) is 45.5 Å². The number of nitrogens with zero attached hydrogens (tertiary/aromatic N) is 2. The van der Waals surface area contributed by atoms with E-state index in [1.165, 1.54) is 12.1 Å². The molecule has 0 unspecified atom stereocenters. The highest BCUT2D eigenvalue weighted by Crippen LogP contribution is 2.43. The summed E-state index contributed by atoms with van der Waals surface area (Å²) in [4.78, 5) is 27.0. The first-order chi connectivity index (χ1) is 16.5. The molecule has 3 aliphatic heterocycles. The fraction of sp³-hybridized carbons (Fsp3) is 0.435. The van der Waals surface area contributed by atoms with Crippen LogP contribution in [0.1, 0.15) is 24.4 Å². The molecule has 1 atom stereocenters. The lowest BCUT2D eigenvalue weighted by Gasteiger charge is -2.40. The van der Waals surface area contributed by atoms with Crippen molar-refractivity contribution in [2.24, 2.45) is 0 Å². The molecule has 1 amide bonds. The number of piperidine rings is 1. The van der Waals surface area contributed by atoms with Crippen molar-refractivity contribution < 1.29 is 33.4 Å². The van der Waals surface area contributed by atoms with Gasteiger partial charge < -0.3 is 29.0 Å². The first-order valence-electron chi connectivity index (χ1n) is 11.0. The monoisotopic (exact) mass is 471 g/mol. The zero-order valence-electron chi connectivity index (χ0n) is 18.7. The third-order valence-electron chi connectivity index (χ3n) is 6.36. The summed E-state index contributed by atoms with van der Waals surface area (Å²) in [6.45, 7) is 1.97. The maximum Gasteiger partial charge on any atom is 0.278 e. The number of benzene rings is 2. The van der Waals surface area contributed by atoms with Crippen molar-refractivity contribution in [3.8, 4) is 17.2 Å². The van der Waals surface area contributed by atoms with Gasteiger partial charge in [-0.05, 0) is 30.3 Å². The first kappa shape index (κ1) is 22.4. The van der Waals surface area contributed by atoms with E-state index >= 15 is 0 Å². The molecule has 0 aliphatic carbocycles. The van der Waals surface area contributed by atoms with Crippen LogP contribution in [0.5, 0.6) is 17.2 Å². The van der Waals surface area contributed by atoms with Gasteiger partial charge in [-0.15, -0.1) is 0 Å². The molecule has 3 aliphatic rings. The number of anilines is 1. The molecular formula is C23H25N3O8. The Bertz CT molecular complexity index is 1070. The van der Waals surface area contributed by atoms with Gasteiger partial charge in [0.25, 0.3) is 5.69 Å². The van der Waals surface area contributed by atoms with Crippen LogP contribution in [0.15, 0.2) is 36.4 Å². The molecule has 180 valence electrons. The topological polar surface area (TPSA) is 122 Å². The number of hydrogen-bond acceptors (Lipinski definition) is 9. The number of rotatable bonds is 6. The summed E-state index contributed by atoms with van der Waals surface area (Å²) in [5.41, 5.74) is 0.590. The number of carbonyl (C=O) groups is 1. The average Bonchev–Trinajstić information content (AvgIpc) is 3.50. The van der Waals surface area contributed by atoms with Crippen molar-refractivity contribution in [1.29, 1.82) is 0 Å². The second kappa shape index (κ2) is 9.09. The van der Waals surface area contributed by atoms with E-state index in [4.69, 9.17) is 23.7 Å². The molecular weight excluding hydrogens is 446 g/mol. The number of likely N-dealkylation sites (tertiary alicyclic amines) is 1. The summed E-state index contributed by atoms with van der Waals surface area (Å²) in [5, 5.41) is 14.9. The third kappa shape index (κ3) is 4.25. The van der Waals surface area contributed by atoms with Gasteiger partial charge in [0.05, 0.1) is 36.9 Å².